The minimum Gasteiger partial charge on any atom is -0.759 e. The molecule has 0 unspecified atom stereocenters. The fraction of sp³-hybridized carbons (Fsp3) is 1.00. The van der Waals surface area contributed by atoms with E-state index >= 15 is 0 Å². The van der Waals surface area contributed by atoms with E-state index in [1.165, 1.54) is 6.42 Å². The van der Waals surface area contributed by atoms with E-state index < -0.39 is 20.8 Å². The molecule has 0 aliphatic carbocycles. The van der Waals surface area contributed by atoms with Crippen LogP contribution in [0.1, 0.15) is 20.3 Å². The van der Waals surface area contributed by atoms with Gasteiger partial charge in [-0.05, 0) is 0 Å². The fourth-order valence-corrected chi connectivity index (χ4v) is 0. The Labute approximate surface area is 76.7 Å². The van der Waals surface area contributed by atoms with Crippen molar-refractivity contribution >= 4 is 20.8 Å². The third-order valence-electron chi connectivity index (χ3n) is 0. The molecule has 0 saturated heterocycles. The largest absolute Gasteiger partial charge is 0.759 e. The van der Waals surface area contributed by atoms with Crippen LogP contribution in [-0.2, 0) is 20.8 Å². The lowest BCUT2D eigenvalue weighted by Gasteiger charge is -2.06. The van der Waals surface area contributed by atoms with Crippen molar-refractivity contribution in [2.75, 3.05) is 0 Å². The van der Waals surface area contributed by atoms with Crippen molar-refractivity contribution in [1.82, 2.24) is 0 Å². The molecule has 13 heavy (non-hydrogen) atoms. The zero-order valence-electron chi connectivity index (χ0n) is 6.79. The van der Waals surface area contributed by atoms with E-state index in [1.807, 2.05) is 0 Å². The molecule has 0 saturated carbocycles. The van der Waals surface area contributed by atoms with Crippen LogP contribution in [0.4, 0.5) is 0 Å². The van der Waals surface area contributed by atoms with E-state index in [0.29, 0.717) is 0 Å². The predicted molar refractivity (Wildman–Crippen MR) is 36.9 cm³/mol. The van der Waals surface area contributed by atoms with Crippen molar-refractivity contribution in [3.63, 3.8) is 0 Å². The second kappa shape index (κ2) is 8.34. The minimum atomic E-state index is -5.17. The fourth-order valence-electron chi connectivity index (χ4n) is 0. The van der Waals surface area contributed by atoms with Crippen molar-refractivity contribution in [1.29, 1.82) is 0 Å². The Hall–Kier alpha value is -0.260. The molecule has 8 nitrogen and oxygen atoms in total. The van der Waals surface area contributed by atoms with Crippen molar-refractivity contribution in [2.24, 2.45) is 0 Å². The van der Waals surface area contributed by atoms with Gasteiger partial charge in [0.1, 0.15) is 0 Å². The SMILES string of the molecule is CCC.O=S(=O)([O-])[O-].O=S(=O)([O-])[O-]. The Morgan fingerprint density at radius 3 is 0.769 bits per heavy atom. The van der Waals surface area contributed by atoms with Gasteiger partial charge in [-0.3, -0.25) is 16.8 Å². The first-order valence-electron chi connectivity index (χ1n) is 2.75. The second-order valence-corrected chi connectivity index (χ2v) is 3.16. The quantitative estimate of drug-likeness (QED) is 0.371. The maximum atomic E-state index is 8.52. The molecule has 0 aromatic heterocycles. The van der Waals surface area contributed by atoms with Gasteiger partial charge in [0.05, 0.1) is 0 Å². The lowest BCUT2D eigenvalue weighted by atomic mass is 10.6. The molecule has 0 amide bonds. The third-order valence-corrected chi connectivity index (χ3v) is 0. The monoisotopic (exact) mass is 236 g/mol. The zero-order chi connectivity index (χ0) is 11.7. The van der Waals surface area contributed by atoms with Gasteiger partial charge in [-0.15, -0.1) is 0 Å². The van der Waals surface area contributed by atoms with Gasteiger partial charge in [-0.25, -0.2) is 0 Å². The Kier molecular flexibility index (Phi) is 11.9. The molecule has 0 heterocycles. The van der Waals surface area contributed by atoms with Crippen LogP contribution in [0.3, 0.4) is 0 Å². The van der Waals surface area contributed by atoms with E-state index in [1.54, 1.807) is 0 Å². The van der Waals surface area contributed by atoms with E-state index in [4.69, 9.17) is 35.0 Å². The summed E-state index contributed by atoms with van der Waals surface area (Å²) < 4.78 is 68.2. The van der Waals surface area contributed by atoms with Crippen molar-refractivity contribution in [3.8, 4) is 0 Å². The molecule has 0 atom stereocenters. The van der Waals surface area contributed by atoms with E-state index in [-0.39, 0.29) is 0 Å². The van der Waals surface area contributed by atoms with E-state index in [0.717, 1.165) is 0 Å². The van der Waals surface area contributed by atoms with Gasteiger partial charge in [0, 0.05) is 20.8 Å². The van der Waals surface area contributed by atoms with Crippen LogP contribution in [0.15, 0.2) is 0 Å². The van der Waals surface area contributed by atoms with Crippen molar-refractivity contribution in [3.05, 3.63) is 0 Å². The van der Waals surface area contributed by atoms with Crippen molar-refractivity contribution < 1.29 is 35.0 Å². The summed E-state index contributed by atoms with van der Waals surface area (Å²) in [7, 11) is -10.3. The first-order valence-corrected chi connectivity index (χ1v) is 5.41. The Morgan fingerprint density at radius 1 is 0.769 bits per heavy atom. The molecule has 0 radical (unpaired) electrons. The average Bonchev–Trinajstić information content (AvgIpc) is 1.52. The summed E-state index contributed by atoms with van der Waals surface area (Å²) in [6, 6.07) is 0. The third kappa shape index (κ3) is 16500. The van der Waals surface area contributed by atoms with Crippen LogP contribution in [0.25, 0.3) is 0 Å². The van der Waals surface area contributed by atoms with Gasteiger partial charge in [0.25, 0.3) is 0 Å². The van der Waals surface area contributed by atoms with Gasteiger partial charge in [0.15, 0.2) is 0 Å². The van der Waals surface area contributed by atoms with E-state index in [2.05, 4.69) is 13.8 Å². The predicted octanol–water partition coefficient (Wildman–Crippen LogP) is -1.26. The normalized spacial score (nSPS) is 10.3. The molecule has 10 heteroatoms. The molecule has 0 N–H and O–H groups in total. The maximum Gasteiger partial charge on any atom is 0.0311 e. The summed E-state index contributed by atoms with van der Waals surface area (Å²) in [4.78, 5) is 0. The molecular formula is C3H8O8S2-4. The molecule has 0 rings (SSSR count). The first-order chi connectivity index (χ1) is 5.41. The number of rotatable bonds is 0. The number of hydrogen-bond acceptors (Lipinski definition) is 8. The van der Waals surface area contributed by atoms with Gasteiger partial charge in [-0.2, -0.15) is 0 Å². The van der Waals surface area contributed by atoms with Crippen LogP contribution in [-0.4, -0.2) is 35.0 Å². The van der Waals surface area contributed by atoms with Crippen LogP contribution < -0.4 is 0 Å². The van der Waals surface area contributed by atoms with Gasteiger partial charge >= 0.3 is 0 Å². The lowest BCUT2D eigenvalue weighted by molar-refractivity contribution is 0.350. The summed E-state index contributed by atoms with van der Waals surface area (Å²) in [5.41, 5.74) is 0. The molecule has 0 aromatic rings. The molecular weight excluding hydrogens is 228 g/mol. The van der Waals surface area contributed by atoms with Crippen LogP contribution in [0.2, 0.25) is 0 Å². The van der Waals surface area contributed by atoms with Crippen LogP contribution in [0.5, 0.6) is 0 Å². The zero-order valence-corrected chi connectivity index (χ0v) is 8.42. The Bertz CT molecular complexity index is 227. The highest BCUT2D eigenvalue weighted by Crippen LogP contribution is 1.58. The highest BCUT2D eigenvalue weighted by molar-refractivity contribution is 7.79. The summed E-state index contributed by atoms with van der Waals surface area (Å²) in [6.45, 7) is 4.25. The molecule has 0 aliphatic rings. The molecule has 0 fully saturated rings. The lowest BCUT2D eigenvalue weighted by Crippen LogP contribution is -1.91. The second-order valence-electron chi connectivity index (χ2n) is 1.52. The molecule has 84 valence electrons. The maximum absolute atomic E-state index is 8.52. The summed E-state index contributed by atoms with van der Waals surface area (Å²) in [6.07, 6.45) is 1.25. The van der Waals surface area contributed by atoms with E-state index in [9.17, 15) is 0 Å². The topological polar surface area (TPSA) is 161 Å². The van der Waals surface area contributed by atoms with Gasteiger partial charge < -0.3 is 18.2 Å². The van der Waals surface area contributed by atoms with Crippen LogP contribution >= 0.6 is 0 Å². The summed E-state index contributed by atoms with van der Waals surface area (Å²) in [5, 5.41) is 0. The van der Waals surface area contributed by atoms with Gasteiger partial charge in [-0.1, -0.05) is 20.3 Å². The number of hydrogen-bond donors (Lipinski definition) is 0. The smallest absolute Gasteiger partial charge is 0.0311 e. The summed E-state index contributed by atoms with van der Waals surface area (Å²) >= 11 is 0. The standard InChI is InChI=1S/C3H8.2H2O4S/c1-3-2;2*1-5(2,3)4/h3H2,1-2H3;2*(H2,1,2,3,4)/p-4. The van der Waals surface area contributed by atoms with Crippen LogP contribution in [0, 0.1) is 0 Å². The minimum absolute atomic E-state index is 1.25. The molecule has 0 aromatic carbocycles. The molecule has 0 bridgehead atoms. The first kappa shape index (κ1) is 18.5. The molecule has 0 aliphatic heterocycles. The van der Waals surface area contributed by atoms with Crippen molar-refractivity contribution in [2.45, 2.75) is 20.3 Å². The average molecular weight is 236 g/mol. The molecule has 0 spiro atoms. The highest BCUT2D eigenvalue weighted by Gasteiger charge is 1.50. The van der Waals surface area contributed by atoms with Gasteiger partial charge in [0.2, 0.25) is 0 Å². The highest BCUT2D eigenvalue weighted by atomic mass is 32.3. The Morgan fingerprint density at radius 2 is 0.769 bits per heavy atom. The Balaban J connectivity index is -0.000000120. The summed E-state index contributed by atoms with van der Waals surface area (Å²) in [5.74, 6) is 0.